The molecule has 0 saturated heterocycles. The molecule has 1 N–H and O–H groups in total. The molecule has 0 aliphatic heterocycles. The van der Waals surface area contributed by atoms with Crippen molar-refractivity contribution in [3.05, 3.63) is 47.9 Å². The van der Waals surface area contributed by atoms with Crippen molar-refractivity contribution in [3.63, 3.8) is 0 Å². The fraction of sp³-hybridized carbons (Fsp3) is 0.214. The summed E-state index contributed by atoms with van der Waals surface area (Å²) in [5, 5.41) is 2.76. The van der Waals surface area contributed by atoms with Crippen LogP contribution in [0.3, 0.4) is 0 Å². The lowest BCUT2D eigenvalue weighted by Crippen LogP contribution is -2.22. The Morgan fingerprint density at radius 3 is 2.42 bits per heavy atom. The lowest BCUT2D eigenvalue weighted by atomic mass is 10.2. The molecule has 100 valence electrons. The Kier molecular flexibility index (Phi) is 4.07. The normalized spacial score (nSPS) is 10.0. The second-order valence-electron chi connectivity index (χ2n) is 3.88. The highest BCUT2D eigenvalue weighted by Gasteiger charge is 2.08. The van der Waals surface area contributed by atoms with Crippen molar-refractivity contribution in [2.75, 3.05) is 14.2 Å². The van der Waals surface area contributed by atoms with Gasteiger partial charge in [0.25, 0.3) is 5.91 Å². The Hall–Kier alpha value is -2.43. The van der Waals surface area contributed by atoms with Crippen molar-refractivity contribution in [3.8, 4) is 11.5 Å². The predicted molar refractivity (Wildman–Crippen MR) is 69.4 cm³/mol. The summed E-state index contributed by atoms with van der Waals surface area (Å²) in [4.78, 5) is 11.7. The molecule has 0 aliphatic rings. The number of hydrogen-bond acceptors (Lipinski definition) is 4. The molecular formula is C14H15NO4. The van der Waals surface area contributed by atoms with Gasteiger partial charge in [-0.25, -0.2) is 0 Å². The molecule has 0 bridgehead atoms. The second kappa shape index (κ2) is 5.95. The molecule has 0 atom stereocenters. The zero-order chi connectivity index (χ0) is 13.7. The summed E-state index contributed by atoms with van der Waals surface area (Å²) in [6.07, 6.45) is 1.46. The Bertz CT molecular complexity index is 526. The molecule has 0 spiro atoms. The summed E-state index contributed by atoms with van der Waals surface area (Å²) < 4.78 is 15.3. The second-order valence-corrected chi connectivity index (χ2v) is 3.88. The SMILES string of the molecule is COc1cc(CNC(=O)c2ccco2)cc(OC)c1. The molecule has 5 nitrogen and oxygen atoms in total. The average Bonchev–Trinajstić information content (AvgIpc) is 2.98. The van der Waals surface area contributed by atoms with Crippen LogP contribution in [0.1, 0.15) is 16.1 Å². The predicted octanol–water partition coefficient (Wildman–Crippen LogP) is 2.23. The summed E-state index contributed by atoms with van der Waals surface area (Å²) >= 11 is 0. The molecule has 1 aromatic heterocycles. The fourth-order valence-electron chi connectivity index (χ4n) is 1.65. The van der Waals surface area contributed by atoms with Crippen molar-refractivity contribution in [2.24, 2.45) is 0 Å². The first-order valence-electron chi connectivity index (χ1n) is 5.76. The molecule has 2 aromatic rings. The van der Waals surface area contributed by atoms with Crippen LogP contribution in [-0.4, -0.2) is 20.1 Å². The zero-order valence-electron chi connectivity index (χ0n) is 10.8. The maximum Gasteiger partial charge on any atom is 0.287 e. The number of ether oxygens (including phenoxy) is 2. The maximum absolute atomic E-state index is 11.7. The highest BCUT2D eigenvalue weighted by Crippen LogP contribution is 2.22. The molecule has 1 heterocycles. The third-order valence-corrected chi connectivity index (χ3v) is 2.61. The van der Waals surface area contributed by atoms with E-state index in [-0.39, 0.29) is 11.7 Å². The minimum absolute atomic E-state index is 0.258. The molecule has 5 heteroatoms. The zero-order valence-corrected chi connectivity index (χ0v) is 10.8. The van der Waals surface area contributed by atoms with Crippen LogP contribution in [0.25, 0.3) is 0 Å². The van der Waals surface area contributed by atoms with E-state index in [1.165, 1.54) is 6.26 Å². The maximum atomic E-state index is 11.7. The van der Waals surface area contributed by atoms with Crippen molar-refractivity contribution in [1.29, 1.82) is 0 Å². The third kappa shape index (κ3) is 3.28. The van der Waals surface area contributed by atoms with Crippen LogP contribution in [-0.2, 0) is 6.54 Å². The van der Waals surface area contributed by atoms with Gasteiger partial charge < -0.3 is 19.2 Å². The summed E-state index contributed by atoms with van der Waals surface area (Å²) in [7, 11) is 3.17. The van der Waals surface area contributed by atoms with Gasteiger partial charge in [-0.1, -0.05) is 0 Å². The Morgan fingerprint density at radius 2 is 1.89 bits per heavy atom. The number of rotatable bonds is 5. The number of benzene rings is 1. The van der Waals surface area contributed by atoms with E-state index < -0.39 is 0 Å². The molecule has 0 saturated carbocycles. The van der Waals surface area contributed by atoms with E-state index in [1.54, 1.807) is 32.4 Å². The van der Waals surface area contributed by atoms with Crippen LogP contribution in [0.4, 0.5) is 0 Å². The first kappa shape index (κ1) is 13.0. The van der Waals surface area contributed by atoms with Gasteiger partial charge in [0.1, 0.15) is 11.5 Å². The molecule has 19 heavy (non-hydrogen) atoms. The van der Waals surface area contributed by atoms with Gasteiger partial charge in [-0.3, -0.25) is 4.79 Å². The van der Waals surface area contributed by atoms with Gasteiger partial charge in [-0.05, 0) is 29.8 Å². The molecule has 0 aliphatic carbocycles. The molecule has 0 fully saturated rings. The van der Waals surface area contributed by atoms with Crippen molar-refractivity contribution < 1.29 is 18.7 Å². The monoisotopic (exact) mass is 261 g/mol. The minimum atomic E-state index is -0.258. The van der Waals surface area contributed by atoms with E-state index in [9.17, 15) is 4.79 Å². The molecule has 0 unspecified atom stereocenters. The highest BCUT2D eigenvalue weighted by molar-refractivity contribution is 5.91. The number of hydrogen-bond donors (Lipinski definition) is 1. The molecule has 1 amide bonds. The van der Waals surface area contributed by atoms with E-state index >= 15 is 0 Å². The number of amides is 1. The van der Waals surface area contributed by atoms with Gasteiger partial charge >= 0.3 is 0 Å². The summed E-state index contributed by atoms with van der Waals surface area (Å²) in [6.45, 7) is 0.368. The van der Waals surface area contributed by atoms with Crippen molar-refractivity contribution in [2.45, 2.75) is 6.54 Å². The number of methoxy groups -OCH3 is 2. The number of carbonyl (C=O) groups excluding carboxylic acids is 1. The average molecular weight is 261 g/mol. The first-order chi connectivity index (χ1) is 9.22. The number of nitrogens with one attached hydrogen (secondary N) is 1. The van der Waals surface area contributed by atoms with Crippen LogP contribution in [0.2, 0.25) is 0 Å². The standard InChI is InChI=1S/C14H15NO4/c1-17-11-6-10(7-12(8-11)18-2)9-15-14(16)13-4-3-5-19-13/h3-8H,9H2,1-2H3,(H,15,16). The smallest absolute Gasteiger partial charge is 0.287 e. The Balaban J connectivity index is 2.04. The van der Waals surface area contributed by atoms with Gasteiger partial charge in [-0.15, -0.1) is 0 Å². The highest BCUT2D eigenvalue weighted by atomic mass is 16.5. The van der Waals surface area contributed by atoms with Gasteiger partial charge in [-0.2, -0.15) is 0 Å². The number of furan rings is 1. The summed E-state index contributed by atoms with van der Waals surface area (Å²) in [5.74, 6) is 1.39. The van der Waals surface area contributed by atoms with Gasteiger partial charge in [0.05, 0.1) is 20.5 Å². The molecule has 0 radical (unpaired) electrons. The topological polar surface area (TPSA) is 60.7 Å². The quantitative estimate of drug-likeness (QED) is 0.896. The largest absolute Gasteiger partial charge is 0.497 e. The van der Waals surface area contributed by atoms with Crippen molar-refractivity contribution >= 4 is 5.91 Å². The van der Waals surface area contributed by atoms with E-state index in [0.29, 0.717) is 18.0 Å². The minimum Gasteiger partial charge on any atom is -0.497 e. The van der Waals surface area contributed by atoms with Gasteiger partial charge in [0, 0.05) is 12.6 Å². The molecule has 1 aromatic carbocycles. The van der Waals surface area contributed by atoms with E-state index in [1.807, 2.05) is 12.1 Å². The van der Waals surface area contributed by atoms with E-state index in [0.717, 1.165) is 5.56 Å². The molecule has 2 rings (SSSR count). The van der Waals surface area contributed by atoms with Crippen LogP contribution >= 0.6 is 0 Å². The fourth-order valence-corrected chi connectivity index (χ4v) is 1.65. The Morgan fingerprint density at radius 1 is 1.21 bits per heavy atom. The van der Waals surface area contributed by atoms with E-state index in [2.05, 4.69) is 5.32 Å². The van der Waals surface area contributed by atoms with Gasteiger partial charge in [0.2, 0.25) is 0 Å². The van der Waals surface area contributed by atoms with Gasteiger partial charge in [0.15, 0.2) is 5.76 Å². The van der Waals surface area contributed by atoms with Crippen LogP contribution in [0.15, 0.2) is 41.0 Å². The van der Waals surface area contributed by atoms with E-state index in [4.69, 9.17) is 13.9 Å². The van der Waals surface area contributed by atoms with Crippen molar-refractivity contribution in [1.82, 2.24) is 5.32 Å². The summed E-state index contributed by atoms with van der Waals surface area (Å²) in [6, 6.07) is 8.73. The van der Waals surface area contributed by atoms with Crippen LogP contribution < -0.4 is 14.8 Å². The van der Waals surface area contributed by atoms with Crippen LogP contribution in [0.5, 0.6) is 11.5 Å². The first-order valence-corrected chi connectivity index (χ1v) is 5.76. The third-order valence-electron chi connectivity index (χ3n) is 2.61. The lowest BCUT2D eigenvalue weighted by Gasteiger charge is -2.09. The lowest BCUT2D eigenvalue weighted by molar-refractivity contribution is 0.0923. The molecular weight excluding hydrogens is 246 g/mol. The summed E-state index contributed by atoms with van der Waals surface area (Å²) in [5.41, 5.74) is 0.885. The Labute approximate surface area is 111 Å². The number of carbonyl (C=O) groups is 1. The van der Waals surface area contributed by atoms with Crippen LogP contribution in [0, 0.1) is 0 Å².